The van der Waals surface area contributed by atoms with E-state index in [0.717, 1.165) is 6.42 Å². The van der Waals surface area contributed by atoms with Gasteiger partial charge in [0.05, 0.1) is 0 Å². The molecule has 3 heteroatoms. The van der Waals surface area contributed by atoms with Crippen LogP contribution in [0.4, 0.5) is 0 Å². The minimum absolute atomic E-state index is 0. The average molecular weight is 566 g/mol. The summed E-state index contributed by atoms with van der Waals surface area (Å²) in [5, 5.41) is 8.27. The first-order valence-electron chi connectivity index (χ1n) is 12.0. The number of benzene rings is 3. The summed E-state index contributed by atoms with van der Waals surface area (Å²) in [6, 6.07) is 17.8. The van der Waals surface area contributed by atoms with E-state index in [1.54, 1.807) is 5.57 Å². The predicted octanol–water partition coefficient (Wildman–Crippen LogP) is 1.03. The van der Waals surface area contributed by atoms with Crippen LogP contribution in [0.1, 0.15) is 69.9 Å². The van der Waals surface area contributed by atoms with E-state index in [2.05, 4.69) is 86.7 Å². The molecule has 1 radical (unpaired) electrons. The molecule has 2 aliphatic carbocycles. The van der Waals surface area contributed by atoms with Crippen LogP contribution in [0.15, 0.2) is 66.8 Å². The Labute approximate surface area is 235 Å². The van der Waals surface area contributed by atoms with E-state index >= 15 is 0 Å². The molecule has 0 unspecified atom stereocenters. The van der Waals surface area contributed by atoms with Crippen LogP contribution in [0, 0.1) is 10.4 Å². The van der Waals surface area contributed by atoms with Crippen LogP contribution < -0.4 is 35.3 Å². The van der Waals surface area contributed by atoms with E-state index in [1.807, 2.05) is 0 Å². The van der Waals surface area contributed by atoms with Crippen LogP contribution in [0.25, 0.3) is 28.0 Å². The molecule has 0 amide bonds. The number of rotatable bonds is 7. The third-order valence-corrected chi connectivity index (χ3v) is 6.78. The summed E-state index contributed by atoms with van der Waals surface area (Å²) in [7, 11) is 0. The second-order valence-electron chi connectivity index (χ2n) is 8.85. The van der Waals surface area contributed by atoms with Crippen LogP contribution in [0.3, 0.4) is 0 Å². The first-order chi connectivity index (χ1) is 15.3. The second kappa shape index (κ2) is 13.1. The van der Waals surface area contributed by atoms with E-state index < -0.39 is 0 Å². The monoisotopic (exact) mass is 563 g/mol. The first kappa shape index (κ1) is 28.8. The van der Waals surface area contributed by atoms with Gasteiger partial charge in [-0.05, 0) is 48.6 Å². The summed E-state index contributed by atoms with van der Waals surface area (Å²) >= 11 is 0. The Hall–Kier alpha value is -1.40. The van der Waals surface area contributed by atoms with E-state index in [9.17, 15) is 0 Å². The smallest absolute Gasteiger partial charge is 1.00 e. The van der Waals surface area contributed by atoms with Crippen molar-refractivity contribution < 1.29 is 51.0 Å². The molecule has 0 heterocycles. The largest absolute Gasteiger partial charge is 3.00 e. The molecule has 2 aliphatic rings. The van der Waals surface area contributed by atoms with Gasteiger partial charge in [-0.25, -0.2) is 0 Å². The van der Waals surface area contributed by atoms with Gasteiger partial charge in [0.1, 0.15) is 0 Å². The standard InChI is InChI=1S/C31H31.2ClH.Zr/c1-3-5-13-23(14-6-4-2)30-29(22-15-7-8-16-22)27-20-12-11-19-26(27)28-21-24-17-9-10-18-25(24)31(28)30;;;/h7-12,15,17-20H,3-6,13-14,16H2,1-2H3;2*1H;/q-1;;;+3/p-2. The quantitative estimate of drug-likeness (QED) is 0.294. The molecular weight excluding hydrogens is 534 g/mol. The van der Waals surface area contributed by atoms with Gasteiger partial charge in [0, 0.05) is 0 Å². The van der Waals surface area contributed by atoms with E-state index in [-0.39, 0.29) is 51.0 Å². The zero-order chi connectivity index (χ0) is 21.2. The maximum Gasteiger partial charge on any atom is 3.00 e. The van der Waals surface area contributed by atoms with Gasteiger partial charge in [0.2, 0.25) is 0 Å². The van der Waals surface area contributed by atoms with Crippen LogP contribution in [-0.4, -0.2) is 0 Å². The first-order valence-corrected chi connectivity index (χ1v) is 12.0. The zero-order valence-electron chi connectivity index (χ0n) is 20.1. The number of hydrogen-bond donors (Lipinski definition) is 0. The van der Waals surface area contributed by atoms with Crippen LogP contribution in [0.2, 0.25) is 0 Å². The summed E-state index contributed by atoms with van der Waals surface area (Å²) < 4.78 is 0. The van der Waals surface area contributed by atoms with Crippen LogP contribution in [-0.2, 0) is 26.2 Å². The fourth-order valence-corrected chi connectivity index (χ4v) is 5.26. The maximum absolute atomic E-state index is 3.80. The molecule has 0 saturated heterocycles. The molecule has 0 fully saturated rings. The van der Waals surface area contributed by atoms with Crippen molar-refractivity contribution in [3.05, 3.63) is 98.8 Å². The minimum Gasteiger partial charge on any atom is -1.00 e. The summed E-state index contributed by atoms with van der Waals surface area (Å²) in [6.45, 7) is 4.62. The molecule has 173 valence electrons. The van der Waals surface area contributed by atoms with Gasteiger partial charge in [-0.15, -0.1) is 33.4 Å². The normalized spacial score (nSPS) is 12.6. The minimum atomic E-state index is 0. The Morgan fingerprint density at radius 2 is 1.50 bits per heavy atom. The van der Waals surface area contributed by atoms with Crippen LogP contribution in [0.5, 0.6) is 0 Å². The molecule has 0 nitrogen and oxygen atoms in total. The summed E-state index contributed by atoms with van der Waals surface area (Å²) in [6.07, 6.45) is 19.1. The molecule has 0 N–H and O–H groups in total. The van der Waals surface area contributed by atoms with E-state index in [0.29, 0.717) is 0 Å². The summed E-state index contributed by atoms with van der Waals surface area (Å²) in [4.78, 5) is 0. The van der Waals surface area contributed by atoms with Crippen molar-refractivity contribution >= 4 is 28.0 Å². The molecule has 34 heavy (non-hydrogen) atoms. The molecule has 0 spiro atoms. The SMILES string of the molecule is CCCCC(CCCC)=c1c(C2=CC=CC2)c2ccccc2c2c1=c1ccccc1=[C-]2.[Cl-].[Cl-].[Zr+3]. The third-order valence-electron chi connectivity index (χ3n) is 6.78. The second-order valence-corrected chi connectivity index (χ2v) is 8.85. The fraction of sp³-hybridized carbons (Fsp3) is 0.290. The van der Waals surface area contributed by atoms with E-state index in [1.165, 1.54) is 86.9 Å². The van der Waals surface area contributed by atoms with Gasteiger partial charge in [0.15, 0.2) is 0 Å². The Balaban J connectivity index is 0.00000136. The number of allylic oxidation sites excluding steroid dienone is 4. The Kier molecular flexibility index (Phi) is 11.1. The van der Waals surface area contributed by atoms with Crippen molar-refractivity contribution in [2.75, 3.05) is 0 Å². The molecule has 5 rings (SSSR count). The molecule has 3 aromatic rings. The van der Waals surface area contributed by atoms with Gasteiger partial charge in [-0.2, -0.15) is 0 Å². The third kappa shape index (κ3) is 5.23. The average Bonchev–Trinajstić information content (AvgIpc) is 3.47. The number of halogens is 2. The number of hydrogen-bond acceptors (Lipinski definition) is 0. The molecule has 0 atom stereocenters. The van der Waals surface area contributed by atoms with Crippen molar-refractivity contribution in [1.82, 2.24) is 0 Å². The molecular formula is C31H31Cl2Zr. The Morgan fingerprint density at radius 3 is 2.15 bits per heavy atom. The van der Waals surface area contributed by atoms with Gasteiger partial charge in [-0.3, -0.25) is 0 Å². The van der Waals surface area contributed by atoms with Gasteiger partial charge >= 0.3 is 26.2 Å². The van der Waals surface area contributed by atoms with Crippen molar-refractivity contribution in [1.29, 1.82) is 0 Å². The topological polar surface area (TPSA) is 0 Å². The molecule has 0 bridgehead atoms. The number of fused-ring (bicyclic) bond motifs is 4. The predicted molar refractivity (Wildman–Crippen MR) is 134 cm³/mol. The molecule has 3 aromatic carbocycles. The number of unbranched alkanes of at least 4 members (excludes halogenated alkanes) is 2. The molecule has 0 aliphatic heterocycles. The zero-order valence-corrected chi connectivity index (χ0v) is 24.0. The molecule has 0 aromatic heterocycles. The van der Waals surface area contributed by atoms with Crippen molar-refractivity contribution in [3.63, 3.8) is 0 Å². The Morgan fingerprint density at radius 1 is 0.853 bits per heavy atom. The summed E-state index contributed by atoms with van der Waals surface area (Å²) in [5.41, 5.74) is 5.88. The van der Waals surface area contributed by atoms with Gasteiger partial charge < -0.3 is 24.8 Å². The van der Waals surface area contributed by atoms with E-state index in [4.69, 9.17) is 0 Å². The fourth-order valence-electron chi connectivity index (χ4n) is 5.26. The van der Waals surface area contributed by atoms with Crippen molar-refractivity contribution in [3.8, 4) is 0 Å². The summed E-state index contributed by atoms with van der Waals surface area (Å²) in [5.74, 6) is 0. The van der Waals surface area contributed by atoms with Gasteiger partial charge in [-0.1, -0.05) is 104 Å². The Bertz CT molecular complexity index is 1420. The van der Waals surface area contributed by atoms with Crippen molar-refractivity contribution in [2.45, 2.75) is 58.8 Å². The van der Waals surface area contributed by atoms with Crippen molar-refractivity contribution in [2.24, 2.45) is 0 Å². The maximum atomic E-state index is 3.80. The van der Waals surface area contributed by atoms with Crippen LogP contribution >= 0.6 is 0 Å². The van der Waals surface area contributed by atoms with Gasteiger partial charge in [0.25, 0.3) is 0 Å². The molecule has 0 saturated carbocycles.